The van der Waals surface area contributed by atoms with E-state index in [4.69, 9.17) is 0 Å². The Kier molecular flexibility index (Phi) is 5.29. The lowest BCUT2D eigenvalue weighted by Crippen LogP contribution is -2.24. The molecule has 1 atom stereocenters. The van der Waals surface area contributed by atoms with E-state index in [9.17, 15) is 4.79 Å². The number of nitrogens with one attached hydrogen (secondary N) is 1. The highest BCUT2D eigenvalue weighted by Crippen LogP contribution is 2.40. The number of thioether (sulfide) groups is 1. The number of carbonyl (C=O) groups excluding carboxylic acids is 1. The molecule has 3 heterocycles. The van der Waals surface area contributed by atoms with Crippen LogP contribution in [-0.4, -0.2) is 21.6 Å². The van der Waals surface area contributed by atoms with Gasteiger partial charge in [0.05, 0.1) is 12.3 Å². The Morgan fingerprint density at radius 3 is 3.12 bits per heavy atom. The summed E-state index contributed by atoms with van der Waals surface area (Å²) in [6, 6.07) is 4.04. The average molecular weight is 404 g/mol. The molecule has 1 aliphatic carbocycles. The lowest BCUT2D eigenvalue weighted by Gasteiger charge is -2.18. The molecule has 4 rings (SSSR count). The van der Waals surface area contributed by atoms with E-state index in [1.165, 1.54) is 38.9 Å². The molecule has 0 saturated heterocycles. The maximum atomic E-state index is 12.2. The first-order chi connectivity index (χ1) is 12.6. The largest absolute Gasteiger partial charge is 0.350 e. The summed E-state index contributed by atoms with van der Waals surface area (Å²) < 4.78 is 0. The highest BCUT2D eigenvalue weighted by Gasteiger charge is 2.24. The highest BCUT2D eigenvalue weighted by atomic mass is 32.2. The molecular formula is C19H21N3OS3. The van der Waals surface area contributed by atoms with E-state index >= 15 is 0 Å². The predicted molar refractivity (Wildman–Crippen MR) is 110 cm³/mol. The second kappa shape index (κ2) is 7.66. The summed E-state index contributed by atoms with van der Waals surface area (Å²) in [4.78, 5) is 25.3. The third-order valence-corrected chi connectivity index (χ3v) is 7.61. The van der Waals surface area contributed by atoms with Gasteiger partial charge in [-0.2, -0.15) is 0 Å². The van der Waals surface area contributed by atoms with Gasteiger partial charge in [0.15, 0.2) is 0 Å². The first-order valence-electron chi connectivity index (χ1n) is 8.81. The molecule has 0 aromatic carbocycles. The van der Waals surface area contributed by atoms with Gasteiger partial charge in [0.1, 0.15) is 15.7 Å². The van der Waals surface area contributed by atoms with Crippen molar-refractivity contribution in [1.29, 1.82) is 0 Å². The van der Waals surface area contributed by atoms with E-state index in [1.54, 1.807) is 11.3 Å². The Hall–Kier alpha value is -1.44. The second-order valence-electron chi connectivity index (χ2n) is 6.75. The van der Waals surface area contributed by atoms with E-state index in [-0.39, 0.29) is 5.91 Å². The number of hydrogen-bond acceptors (Lipinski definition) is 6. The number of nitrogens with zero attached hydrogens (tertiary/aromatic N) is 2. The van der Waals surface area contributed by atoms with E-state index < -0.39 is 0 Å². The van der Waals surface area contributed by atoms with Gasteiger partial charge in [-0.3, -0.25) is 4.79 Å². The summed E-state index contributed by atoms with van der Waals surface area (Å²) in [5.74, 6) is 1.96. The summed E-state index contributed by atoms with van der Waals surface area (Å²) in [5, 5.41) is 7.17. The van der Waals surface area contributed by atoms with Crippen LogP contribution < -0.4 is 5.32 Å². The molecule has 0 saturated carbocycles. The van der Waals surface area contributed by atoms with Gasteiger partial charge >= 0.3 is 0 Å². The van der Waals surface area contributed by atoms with Crippen LogP contribution in [0.15, 0.2) is 22.5 Å². The molecule has 3 aromatic heterocycles. The molecule has 4 nitrogen and oxygen atoms in total. The quantitative estimate of drug-likeness (QED) is 0.500. The first kappa shape index (κ1) is 17.9. The molecule has 0 bridgehead atoms. The van der Waals surface area contributed by atoms with Crippen LogP contribution in [0.3, 0.4) is 0 Å². The van der Waals surface area contributed by atoms with E-state index in [0.717, 1.165) is 34.4 Å². The maximum absolute atomic E-state index is 12.2. The van der Waals surface area contributed by atoms with Crippen molar-refractivity contribution in [3.8, 4) is 0 Å². The van der Waals surface area contributed by atoms with E-state index in [2.05, 4.69) is 22.2 Å². The van der Waals surface area contributed by atoms with Gasteiger partial charge in [0.25, 0.3) is 0 Å². The number of aryl methyl sites for hydroxylation is 2. The Morgan fingerprint density at radius 2 is 2.31 bits per heavy atom. The molecule has 1 N–H and O–H groups in total. The fourth-order valence-corrected chi connectivity index (χ4v) is 6.37. The van der Waals surface area contributed by atoms with Gasteiger partial charge in [-0.1, -0.05) is 24.8 Å². The van der Waals surface area contributed by atoms with Crippen LogP contribution in [0, 0.1) is 12.8 Å². The van der Waals surface area contributed by atoms with Gasteiger partial charge in [0.2, 0.25) is 5.91 Å². The Morgan fingerprint density at radius 1 is 1.42 bits per heavy atom. The van der Waals surface area contributed by atoms with Gasteiger partial charge in [-0.15, -0.1) is 22.7 Å². The topological polar surface area (TPSA) is 54.9 Å². The number of rotatable bonds is 5. The fraction of sp³-hybridized carbons (Fsp3) is 0.421. The van der Waals surface area contributed by atoms with Crippen molar-refractivity contribution in [3.05, 3.63) is 38.7 Å². The molecule has 1 amide bonds. The molecule has 26 heavy (non-hydrogen) atoms. The number of fused-ring (bicyclic) bond motifs is 3. The molecule has 0 unspecified atom stereocenters. The Bertz CT molecular complexity index is 933. The van der Waals surface area contributed by atoms with Crippen LogP contribution in [0.1, 0.15) is 34.5 Å². The lowest BCUT2D eigenvalue weighted by atomic mass is 9.89. The van der Waals surface area contributed by atoms with Gasteiger partial charge in [-0.05, 0) is 49.1 Å². The number of thiophene rings is 2. The highest BCUT2D eigenvalue weighted by molar-refractivity contribution is 8.00. The lowest BCUT2D eigenvalue weighted by molar-refractivity contribution is -0.118. The van der Waals surface area contributed by atoms with Crippen LogP contribution in [0.5, 0.6) is 0 Å². The molecule has 1 aliphatic rings. The van der Waals surface area contributed by atoms with Crippen molar-refractivity contribution in [1.82, 2.24) is 15.3 Å². The molecule has 7 heteroatoms. The summed E-state index contributed by atoms with van der Waals surface area (Å²) >= 11 is 5.00. The molecule has 0 radical (unpaired) electrons. The number of aromatic nitrogens is 2. The third kappa shape index (κ3) is 3.80. The third-order valence-electron chi connectivity index (χ3n) is 4.61. The number of amides is 1. The van der Waals surface area contributed by atoms with Crippen molar-refractivity contribution < 1.29 is 4.79 Å². The van der Waals surface area contributed by atoms with Gasteiger partial charge < -0.3 is 5.32 Å². The van der Waals surface area contributed by atoms with E-state index in [0.29, 0.717) is 12.3 Å². The molecule has 0 spiro atoms. The van der Waals surface area contributed by atoms with Crippen LogP contribution in [0.25, 0.3) is 10.2 Å². The van der Waals surface area contributed by atoms with Crippen molar-refractivity contribution in [2.75, 3.05) is 5.75 Å². The zero-order valence-electron chi connectivity index (χ0n) is 14.9. The second-order valence-corrected chi connectivity index (χ2v) is 9.83. The molecular weight excluding hydrogens is 382 g/mol. The molecule has 136 valence electrons. The maximum Gasteiger partial charge on any atom is 0.230 e. The monoisotopic (exact) mass is 403 g/mol. The Balaban J connectivity index is 1.51. The molecule has 0 aliphatic heterocycles. The number of carbonyl (C=O) groups is 1. The normalized spacial score (nSPS) is 16.6. The minimum Gasteiger partial charge on any atom is -0.350 e. The first-order valence-corrected chi connectivity index (χ1v) is 11.5. The summed E-state index contributed by atoms with van der Waals surface area (Å²) in [6.07, 6.45) is 3.46. The minimum absolute atomic E-state index is 0.0468. The standard InChI is InChI=1S/C19H21N3OS3/c1-11-5-6-14-15(8-11)26-19-17(14)18(21-12(2)22-19)25-10-16(23)20-9-13-4-3-7-24-13/h3-4,7,11H,5-6,8-10H2,1-2H3,(H,20,23)/t11-/m0/s1. The summed E-state index contributed by atoms with van der Waals surface area (Å²) in [6.45, 7) is 4.85. The van der Waals surface area contributed by atoms with Crippen molar-refractivity contribution in [2.45, 2.75) is 44.7 Å². The SMILES string of the molecule is Cc1nc(SCC(=O)NCc2cccs2)c2c3c(sc2n1)C[C@@H](C)CC3. The van der Waals surface area contributed by atoms with E-state index in [1.807, 2.05) is 35.8 Å². The minimum atomic E-state index is 0.0468. The number of hydrogen-bond donors (Lipinski definition) is 1. The van der Waals surface area contributed by atoms with Crippen LogP contribution >= 0.6 is 34.4 Å². The van der Waals surface area contributed by atoms with Crippen LogP contribution in [-0.2, 0) is 24.2 Å². The summed E-state index contributed by atoms with van der Waals surface area (Å²) in [5.41, 5.74) is 1.42. The smallest absolute Gasteiger partial charge is 0.230 e. The van der Waals surface area contributed by atoms with Crippen molar-refractivity contribution in [3.63, 3.8) is 0 Å². The predicted octanol–water partition coefficient (Wildman–Crippen LogP) is 4.59. The zero-order valence-corrected chi connectivity index (χ0v) is 17.3. The van der Waals surface area contributed by atoms with Crippen LogP contribution in [0.2, 0.25) is 0 Å². The molecule has 3 aromatic rings. The molecule has 0 fully saturated rings. The van der Waals surface area contributed by atoms with Crippen LogP contribution in [0.4, 0.5) is 0 Å². The van der Waals surface area contributed by atoms with Gasteiger partial charge in [-0.25, -0.2) is 9.97 Å². The fourth-order valence-electron chi connectivity index (χ4n) is 3.30. The van der Waals surface area contributed by atoms with Crippen molar-refractivity contribution in [2.24, 2.45) is 5.92 Å². The van der Waals surface area contributed by atoms with Gasteiger partial charge in [0, 0.05) is 15.1 Å². The Labute approximate surface area is 165 Å². The zero-order chi connectivity index (χ0) is 18.1. The summed E-state index contributed by atoms with van der Waals surface area (Å²) in [7, 11) is 0. The average Bonchev–Trinajstić information content (AvgIpc) is 3.24. The van der Waals surface area contributed by atoms with Crippen molar-refractivity contribution >= 4 is 50.6 Å².